The first-order valence-electron chi connectivity index (χ1n) is 7.04. The summed E-state index contributed by atoms with van der Waals surface area (Å²) < 4.78 is 0. The van der Waals surface area contributed by atoms with Crippen LogP contribution in [0.3, 0.4) is 0 Å². The Balaban J connectivity index is 1.74. The highest BCUT2D eigenvalue weighted by atomic mass is 16.1. The van der Waals surface area contributed by atoms with Crippen LogP contribution in [0.1, 0.15) is 49.3 Å². The van der Waals surface area contributed by atoms with E-state index in [4.69, 9.17) is 0 Å². The third-order valence-corrected chi connectivity index (χ3v) is 4.19. The van der Waals surface area contributed by atoms with Crippen LogP contribution >= 0.6 is 0 Å². The molecule has 1 fully saturated rings. The van der Waals surface area contributed by atoms with Crippen molar-refractivity contribution in [1.29, 1.82) is 0 Å². The molecular formula is C15H20N2O. The minimum atomic E-state index is 0.0531. The number of carbonyl (C=O) groups excluding carboxylic acids is 1. The number of pyridine rings is 1. The standard InChI is InChI=1S/C15H20N2O/c18-14(10-12-6-3-8-16-12)13-7-1-4-11-5-2-9-17-15(11)13/h2,5,9,12-13,16H,1,3-4,6-8,10H2. The Bertz CT molecular complexity index is 438. The predicted octanol–water partition coefficient (Wildman–Crippen LogP) is 2.21. The van der Waals surface area contributed by atoms with Gasteiger partial charge in [-0.25, -0.2) is 0 Å². The van der Waals surface area contributed by atoms with Crippen LogP contribution in [0.5, 0.6) is 0 Å². The highest BCUT2D eigenvalue weighted by molar-refractivity contribution is 5.86. The molecule has 2 unspecified atom stereocenters. The molecule has 3 heteroatoms. The van der Waals surface area contributed by atoms with Crippen LogP contribution in [0.15, 0.2) is 18.3 Å². The Labute approximate surface area is 108 Å². The van der Waals surface area contributed by atoms with Gasteiger partial charge in [-0.3, -0.25) is 9.78 Å². The molecule has 0 bridgehead atoms. The Morgan fingerprint density at radius 3 is 3.17 bits per heavy atom. The average Bonchev–Trinajstić information content (AvgIpc) is 2.91. The van der Waals surface area contributed by atoms with Gasteiger partial charge >= 0.3 is 0 Å². The molecular weight excluding hydrogens is 224 g/mol. The fraction of sp³-hybridized carbons (Fsp3) is 0.600. The SMILES string of the molecule is O=C(CC1CCCN1)C1CCCc2cccnc21. The molecule has 2 aliphatic rings. The van der Waals surface area contributed by atoms with Gasteiger partial charge in [0.2, 0.25) is 0 Å². The number of carbonyl (C=O) groups is 1. The van der Waals surface area contributed by atoms with Gasteiger partial charge in [-0.1, -0.05) is 6.07 Å². The van der Waals surface area contributed by atoms with Crippen molar-refractivity contribution in [2.24, 2.45) is 0 Å². The third kappa shape index (κ3) is 2.32. The lowest BCUT2D eigenvalue weighted by Gasteiger charge is -2.24. The monoisotopic (exact) mass is 244 g/mol. The normalized spacial score (nSPS) is 26.9. The molecule has 96 valence electrons. The van der Waals surface area contributed by atoms with E-state index in [-0.39, 0.29) is 5.92 Å². The second-order valence-corrected chi connectivity index (χ2v) is 5.46. The van der Waals surface area contributed by atoms with E-state index >= 15 is 0 Å². The molecule has 3 nitrogen and oxygen atoms in total. The predicted molar refractivity (Wildman–Crippen MR) is 70.6 cm³/mol. The highest BCUT2D eigenvalue weighted by Gasteiger charge is 2.29. The first-order chi connectivity index (χ1) is 8.84. The average molecular weight is 244 g/mol. The van der Waals surface area contributed by atoms with Crippen molar-refractivity contribution in [2.45, 2.75) is 50.5 Å². The van der Waals surface area contributed by atoms with Crippen LogP contribution in [0.25, 0.3) is 0 Å². The fourth-order valence-corrected chi connectivity index (χ4v) is 3.24. The van der Waals surface area contributed by atoms with Gasteiger partial charge < -0.3 is 5.32 Å². The molecule has 1 aliphatic heterocycles. The number of aryl methyl sites for hydroxylation is 1. The van der Waals surface area contributed by atoms with Crippen LogP contribution < -0.4 is 5.32 Å². The van der Waals surface area contributed by atoms with Gasteiger partial charge in [0, 0.05) is 18.7 Å². The smallest absolute Gasteiger partial charge is 0.143 e. The van der Waals surface area contributed by atoms with E-state index in [1.807, 2.05) is 12.3 Å². The summed E-state index contributed by atoms with van der Waals surface area (Å²) in [5.41, 5.74) is 2.33. The van der Waals surface area contributed by atoms with E-state index in [1.54, 1.807) is 0 Å². The van der Waals surface area contributed by atoms with E-state index in [9.17, 15) is 4.79 Å². The lowest BCUT2D eigenvalue weighted by molar-refractivity contribution is -0.121. The number of ketones is 1. The molecule has 0 aromatic carbocycles. The van der Waals surface area contributed by atoms with E-state index in [0.29, 0.717) is 18.2 Å². The minimum absolute atomic E-state index is 0.0531. The van der Waals surface area contributed by atoms with Gasteiger partial charge in [-0.2, -0.15) is 0 Å². The topological polar surface area (TPSA) is 42.0 Å². The van der Waals surface area contributed by atoms with Crippen LogP contribution in [0.2, 0.25) is 0 Å². The summed E-state index contributed by atoms with van der Waals surface area (Å²) in [5.74, 6) is 0.436. The zero-order valence-electron chi connectivity index (χ0n) is 10.7. The Morgan fingerprint density at radius 1 is 1.39 bits per heavy atom. The summed E-state index contributed by atoms with van der Waals surface area (Å²) >= 11 is 0. The lowest BCUT2D eigenvalue weighted by Crippen LogP contribution is -2.28. The summed E-state index contributed by atoms with van der Waals surface area (Å²) in [5, 5.41) is 3.41. The van der Waals surface area contributed by atoms with Gasteiger partial charge in [0.1, 0.15) is 5.78 Å². The highest BCUT2D eigenvalue weighted by Crippen LogP contribution is 2.31. The largest absolute Gasteiger partial charge is 0.314 e. The summed E-state index contributed by atoms with van der Waals surface area (Å²) in [6.45, 7) is 1.07. The maximum Gasteiger partial charge on any atom is 0.143 e. The molecule has 1 aromatic rings. The first-order valence-corrected chi connectivity index (χ1v) is 7.04. The zero-order chi connectivity index (χ0) is 12.4. The zero-order valence-corrected chi connectivity index (χ0v) is 10.7. The van der Waals surface area contributed by atoms with Crippen LogP contribution in [0, 0.1) is 0 Å². The van der Waals surface area contributed by atoms with Crippen LogP contribution in [-0.2, 0) is 11.2 Å². The van der Waals surface area contributed by atoms with Crippen molar-refractivity contribution in [2.75, 3.05) is 6.54 Å². The van der Waals surface area contributed by atoms with Crippen molar-refractivity contribution >= 4 is 5.78 Å². The van der Waals surface area contributed by atoms with Crippen LogP contribution in [0.4, 0.5) is 0 Å². The van der Waals surface area contributed by atoms with Crippen molar-refractivity contribution in [3.05, 3.63) is 29.6 Å². The number of aromatic nitrogens is 1. The maximum atomic E-state index is 12.4. The summed E-state index contributed by atoms with van der Waals surface area (Å²) in [7, 11) is 0. The molecule has 2 atom stereocenters. The van der Waals surface area contributed by atoms with Crippen molar-refractivity contribution in [3.8, 4) is 0 Å². The Kier molecular flexibility index (Phi) is 3.41. The molecule has 0 spiro atoms. The van der Waals surface area contributed by atoms with E-state index < -0.39 is 0 Å². The van der Waals surface area contributed by atoms with E-state index in [1.165, 1.54) is 12.0 Å². The van der Waals surface area contributed by atoms with Gasteiger partial charge in [-0.05, 0) is 50.3 Å². The summed E-state index contributed by atoms with van der Waals surface area (Å²) in [4.78, 5) is 16.9. The van der Waals surface area contributed by atoms with Crippen molar-refractivity contribution in [1.82, 2.24) is 10.3 Å². The van der Waals surface area contributed by atoms with Gasteiger partial charge in [-0.15, -0.1) is 0 Å². The molecule has 3 rings (SSSR count). The Hall–Kier alpha value is -1.22. The molecule has 18 heavy (non-hydrogen) atoms. The van der Waals surface area contributed by atoms with E-state index in [2.05, 4.69) is 16.4 Å². The van der Waals surface area contributed by atoms with Crippen LogP contribution in [-0.4, -0.2) is 23.4 Å². The number of Topliss-reactive ketones (excluding diaryl/α,β-unsaturated/α-hetero) is 1. The van der Waals surface area contributed by atoms with Crippen molar-refractivity contribution in [3.63, 3.8) is 0 Å². The summed E-state index contributed by atoms with van der Waals surface area (Å²) in [6, 6.07) is 4.51. The fourth-order valence-electron chi connectivity index (χ4n) is 3.24. The second kappa shape index (κ2) is 5.19. The molecule has 1 saturated heterocycles. The molecule has 0 radical (unpaired) electrons. The lowest BCUT2D eigenvalue weighted by atomic mass is 9.82. The number of nitrogens with zero attached hydrogens (tertiary/aromatic N) is 1. The second-order valence-electron chi connectivity index (χ2n) is 5.46. The number of nitrogens with one attached hydrogen (secondary N) is 1. The number of hydrogen-bond acceptors (Lipinski definition) is 3. The third-order valence-electron chi connectivity index (χ3n) is 4.19. The quantitative estimate of drug-likeness (QED) is 0.886. The Morgan fingerprint density at radius 2 is 2.33 bits per heavy atom. The van der Waals surface area contributed by atoms with Gasteiger partial charge in [0.15, 0.2) is 0 Å². The van der Waals surface area contributed by atoms with E-state index in [0.717, 1.165) is 37.9 Å². The minimum Gasteiger partial charge on any atom is -0.314 e. The maximum absolute atomic E-state index is 12.4. The molecule has 1 aliphatic carbocycles. The first kappa shape index (κ1) is 11.8. The van der Waals surface area contributed by atoms with Gasteiger partial charge in [0.05, 0.1) is 11.6 Å². The number of hydrogen-bond donors (Lipinski definition) is 1. The summed E-state index contributed by atoms with van der Waals surface area (Å²) in [6.07, 6.45) is 8.03. The number of rotatable bonds is 3. The number of fused-ring (bicyclic) bond motifs is 1. The molecule has 1 N–H and O–H groups in total. The molecule has 2 heterocycles. The van der Waals surface area contributed by atoms with Gasteiger partial charge in [0.25, 0.3) is 0 Å². The molecule has 0 saturated carbocycles. The van der Waals surface area contributed by atoms with Crippen molar-refractivity contribution < 1.29 is 4.79 Å². The molecule has 1 aromatic heterocycles. The molecule has 0 amide bonds.